The van der Waals surface area contributed by atoms with E-state index in [1.165, 1.54) is 19.4 Å². The molecule has 1 atom stereocenters. The van der Waals surface area contributed by atoms with Gasteiger partial charge in [-0.1, -0.05) is 0 Å². The maximum Gasteiger partial charge on any atom is 0.0635 e. The van der Waals surface area contributed by atoms with Crippen LogP contribution in [-0.2, 0) is 4.74 Å². The maximum atomic E-state index is 5.65. The van der Waals surface area contributed by atoms with Gasteiger partial charge in [0.1, 0.15) is 0 Å². The summed E-state index contributed by atoms with van der Waals surface area (Å²) in [6, 6.07) is 0.560. The van der Waals surface area contributed by atoms with E-state index in [9.17, 15) is 0 Å². The summed E-state index contributed by atoms with van der Waals surface area (Å²) in [6.07, 6.45) is 3.16. The molecule has 1 N–H and O–H groups in total. The third-order valence-corrected chi connectivity index (χ3v) is 2.52. The SMILES string of the molecule is CN1CCNC(COC2CC2)C1. The minimum absolute atomic E-state index is 0.560. The van der Waals surface area contributed by atoms with Crippen molar-refractivity contribution in [1.82, 2.24) is 10.2 Å². The first kappa shape index (κ1) is 8.48. The number of piperazine rings is 1. The lowest BCUT2D eigenvalue weighted by molar-refractivity contribution is 0.0769. The van der Waals surface area contributed by atoms with E-state index in [4.69, 9.17) is 4.74 Å². The summed E-state index contributed by atoms with van der Waals surface area (Å²) in [5.41, 5.74) is 0. The summed E-state index contributed by atoms with van der Waals surface area (Å²) in [6.45, 7) is 4.30. The molecule has 1 aliphatic carbocycles. The zero-order chi connectivity index (χ0) is 8.39. The van der Waals surface area contributed by atoms with Crippen LogP contribution in [0.5, 0.6) is 0 Å². The predicted octanol–water partition coefficient (Wildman–Crippen LogP) is 0.0690. The fourth-order valence-corrected chi connectivity index (χ4v) is 1.59. The molecular weight excluding hydrogens is 152 g/mol. The quantitative estimate of drug-likeness (QED) is 0.648. The summed E-state index contributed by atoms with van der Waals surface area (Å²) in [5.74, 6) is 0. The van der Waals surface area contributed by atoms with Crippen LogP contribution in [-0.4, -0.2) is 50.3 Å². The third-order valence-electron chi connectivity index (χ3n) is 2.52. The molecule has 0 bridgehead atoms. The van der Waals surface area contributed by atoms with Crippen LogP contribution in [0, 0.1) is 0 Å². The van der Waals surface area contributed by atoms with E-state index in [1.54, 1.807) is 0 Å². The lowest BCUT2D eigenvalue weighted by atomic mass is 10.2. The minimum Gasteiger partial charge on any atom is -0.377 e. The van der Waals surface area contributed by atoms with E-state index in [0.717, 1.165) is 19.7 Å². The van der Waals surface area contributed by atoms with Crippen LogP contribution in [0.15, 0.2) is 0 Å². The molecule has 1 saturated carbocycles. The van der Waals surface area contributed by atoms with Crippen molar-refractivity contribution in [3.8, 4) is 0 Å². The maximum absolute atomic E-state index is 5.65. The number of likely N-dealkylation sites (N-methyl/N-ethyl adjacent to an activating group) is 1. The Morgan fingerprint density at radius 3 is 3.00 bits per heavy atom. The molecule has 0 amide bonds. The van der Waals surface area contributed by atoms with Gasteiger partial charge in [0.25, 0.3) is 0 Å². The van der Waals surface area contributed by atoms with Crippen molar-refractivity contribution >= 4 is 0 Å². The Bertz CT molecular complexity index is 147. The van der Waals surface area contributed by atoms with Gasteiger partial charge in [-0.2, -0.15) is 0 Å². The summed E-state index contributed by atoms with van der Waals surface area (Å²) >= 11 is 0. The van der Waals surface area contributed by atoms with Gasteiger partial charge in [-0.15, -0.1) is 0 Å². The van der Waals surface area contributed by atoms with E-state index in [0.29, 0.717) is 12.1 Å². The van der Waals surface area contributed by atoms with Crippen LogP contribution < -0.4 is 5.32 Å². The molecule has 70 valence electrons. The van der Waals surface area contributed by atoms with Gasteiger partial charge >= 0.3 is 0 Å². The minimum atomic E-state index is 0.560. The van der Waals surface area contributed by atoms with Crippen LogP contribution in [0.1, 0.15) is 12.8 Å². The number of rotatable bonds is 3. The fraction of sp³-hybridized carbons (Fsp3) is 1.00. The van der Waals surface area contributed by atoms with E-state index >= 15 is 0 Å². The molecule has 0 aromatic rings. The number of ether oxygens (including phenoxy) is 1. The van der Waals surface area contributed by atoms with Crippen LogP contribution >= 0.6 is 0 Å². The molecule has 0 aromatic heterocycles. The first-order valence-corrected chi connectivity index (χ1v) is 4.88. The van der Waals surface area contributed by atoms with Crippen LogP contribution in [0.2, 0.25) is 0 Å². The van der Waals surface area contributed by atoms with E-state index < -0.39 is 0 Å². The Balaban J connectivity index is 1.64. The monoisotopic (exact) mass is 170 g/mol. The molecule has 2 aliphatic rings. The van der Waals surface area contributed by atoms with Crippen LogP contribution in [0.25, 0.3) is 0 Å². The Morgan fingerprint density at radius 2 is 2.33 bits per heavy atom. The number of hydrogen-bond acceptors (Lipinski definition) is 3. The summed E-state index contributed by atoms with van der Waals surface area (Å²) in [4.78, 5) is 2.36. The summed E-state index contributed by atoms with van der Waals surface area (Å²) in [5, 5.41) is 3.47. The first-order chi connectivity index (χ1) is 5.84. The molecule has 0 aromatic carbocycles. The molecule has 1 saturated heterocycles. The van der Waals surface area contributed by atoms with Gasteiger partial charge in [0, 0.05) is 25.7 Å². The smallest absolute Gasteiger partial charge is 0.0635 e. The molecule has 2 rings (SSSR count). The Kier molecular flexibility index (Phi) is 2.63. The van der Waals surface area contributed by atoms with Gasteiger partial charge in [0.15, 0.2) is 0 Å². The molecule has 3 heteroatoms. The fourth-order valence-electron chi connectivity index (χ4n) is 1.59. The van der Waals surface area contributed by atoms with Gasteiger partial charge < -0.3 is 15.0 Å². The zero-order valence-electron chi connectivity index (χ0n) is 7.75. The molecule has 1 aliphatic heterocycles. The lowest BCUT2D eigenvalue weighted by Crippen LogP contribution is -2.51. The second-order valence-electron chi connectivity index (χ2n) is 3.95. The zero-order valence-corrected chi connectivity index (χ0v) is 7.75. The standard InChI is InChI=1S/C9H18N2O/c1-11-5-4-10-8(6-11)7-12-9-2-3-9/h8-10H,2-7H2,1H3. The van der Waals surface area contributed by atoms with Crippen LogP contribution in [0.4, 0.5) is 0 Å². The first-order valence-electron chi connectivity index (χ1n) is 4.88. The Morgan fingerprint density at radius 1 is 1.50 bits per heavy atom. The van der Waals surface area contributed by atoms with Gasteiger partial charge in [-0.25, -0.2) is 0 Å². The van der Waals surface area contributed by atoms with Crippen molar-refractivity contribution in [2.75, 3.05) is 33.3 Å². The number of hydrogen-bond donors (Lipinski definition) is 1. The second-order valence-corrected chi connectivity index (χ2v) is 3.95. The lowest BCUT2D eigenvalue weighted by Gasteiger charge is -2.30. The topological polar surface area (TPSA) is 24.5 Å². The highest BCUT2D eigenvalue weighted by atomic mass is 16.5. The third kappa shape index (κ3) is 2.44. The average Bonchev–Trinajstić information content (AvgIpc) is 2.84. The van der Waals surface area contributed by atoms with Crippen molar-refractivity contribution in [2.45, 2.75) is 25.0 Å². The van der Waals surface area contributed by atoms with Crippen molar-refractivity contribution in [3.05, 3.63) is 0 Å². The molecular formula is C9H18N2O. The highest BCUT2D eigenvalue weighted by Crippen LogP contribution is 2.23. The Hall–Kier alpha value is -0.120. The molecule has 0 spiro atoms. The predicted molar refractivity (Wildman–Crippen MR) is 48.3 cm³/mol. The van der Waals surface area contributed by atoms with E-state index in [1.807, 2.05) is 0 Å². The van der Waals surface area contributed by atoms with Gasteiger partial charge in [-0.05, 0) is 19.9 Å². The largest absolute Gasteiger partial charge is 0.377 e. The highest BCUT2D eigenvalue weighted by molar-refractivity contribution is 4.79. The van der Waals surface area contributed by atoms with Crippen LogP contribution in [0.3, 0.4) is 0 Å². The summed E-state index contributed by atoms with van der Waals surface area (Å²) < 4.78 is 5.65. The number of nitrogens with zero attached hydrogens (tertiary/aromatic N) is 1. The Labute approximate surface area is 74.1 Å². The van der Waals surface area contributed by atoms with Gasteiger partial charge in [0.05, 0.1) is 12.7 Å². The van der Waals surface area contributed by atoms with Crippen molar-refractivity contribution < 1.29 is 4.74 Å². The van der Waals surface area contributed by atoms with E-state index in [-0.39, 0.29) is 0 Å². The highest BCUT2D eigenvalue weighted by Gasteiger charge is 2.24. The molecule has 1 heterocycles. The number of nitrogens with one attached hydrogen (secondary N) is 1. The van der Waals surface area contributed by atoms with Crippen molar-refractivity contribution in [3.63, 3.8) is 0 Å². The normalized spacial score (nSPS) is 32.2. The molecule has 2 fully saturated rings. The average molecular weight is 170 g/mol. The van der Waals surface area contributed by atoms with Crippen molar-refractivity contribution in [1.29, 1.82) is 0 Å². The molecule has 0 radical (unpaired) electrons. The molecule has 3 nitrogen and oxygen atoms in total. The molecule has 1 unspecified atom stereocenters. The summed E-state index contributed by atoms with van der Waals surface area (Å²) in [7, 11) is 2.17. The van der Waals surface area contributed by atoms with Gasteiger partial charge in [-0.3, -0.25) is 0 Å². The van der Waals surface area contributed by atoms with Gasteiger partial charge in [0.2, 0.25) is 0 Å². The second kappa shape index (κ2) is 3.73. The van der Waals surface area contributed by atoms with Crippen molar-refractivity contribution in [2.24, 2.45) is 0 Å². The molecule has 12 heavy (non-hydrogen) atoms. The van der Waals surface area contributed by atoms with E-state index in [2.05, 4.69) is 17.3 Å².